The van der Waals surface area contributed by atoms with Crippen LogP contribution in [0.4, 0.5) is 0 Å². The number of nitrogens with two attached hydrogens (primary N) is 1. The van der Waals surface area contributed by atoms with E-state index in [1.54, 1.807) is 6.33 Å². The fraction of sp³-hybridized carbons (Fsp3) is 0.833. The molecule has 102 valence electrons. The number of hydrogen-bond donors (Lipinski definition) is 2. The Morgan fingerprint density at radius 1 is 1.56 bits per heavy atom. The van der Waals surface area contributed by atoms with Crippen LogP contribution in [0.25, 0.3) is 0 Å². The van der Waals surface area contributed by atoms with Gasteiger partial charge in [0.15, 0.2) is 0 Å². The zero-order valence-electron chi connectivity index (χ0n) is 11.2. The molecule has 0 saturated heterocycles. The first-order valence-corrected chi connectivity index (χ1v) is 6.74. The molecule has 1 saturated carbocycles. The normalized spacial score (nSPS) is 18.8. The third-order valence-electron chi connectivity index (χ3n) is 3.45. The number of hydrogen-bond acceptors (Lipinski definition) is 5. The van der Waals surface area contributed by atoms with Gasteiger partial charge < -0.3 is 4.74 Å². The number of nitrogens with zero attached hydrogens (tertiary/aromatic N) is 3. The highest BCUT2D eigenvalue weighted by Crippen LogP contribution is 2.36. The Morgan fingerprint density at radius 3 is 2.89 bits per heavy atom. The summed E-state index contributed by atoms with van der Waals surface area (Å²) in [4.78, 5) is 4.30. The van der Waals surface area contributed by atoms with Crippen LogP contribution in [0.5, 0.6) is 0 Å². The molecular weight excluding hydrogens is 230 g/mol. The van der Waals surface area contributed by atoms with Gasteiger partial charge in [-0.15, -0.1) is 0 Å². The highest BCUT2D eigenvalue weighted by atomic mass is 16.5. The first-order valence-electron chi connectivity index (χ1n) is 6.74. The van der Waals surface area contributed by atoms with Crippen molar-refractivity contribution >= 4 is 0 Å². The molecule has 1 aromatic rings. The van der Waals surface area contributed by atoms with Crippen LogP contribution < -0.4 is 11.3 Å². The quantitative estimate of drug-likeness (QED) is 0.521. The van der Waals surface area contributed by atoms with Crippen LogP contribution in [0.1, 0.15) is 32.5 Å². The van der Waals surface area contributed by atoms with Crippen molar-refractivity contribution in [1.29, 1.82) is 0 Å². The minimum Gasteiger partial charge on any atom is -0.377 e. The molecule has 2 unspecified atom stereocenters. The molecule has 0 amide bonds. The van der Waals surface area contributed by atoms with Crippen molar-refractivity contribution in [2.24, 2.45) is 11.8 Å². The van der Waals surface area contributed by atoms with E-state index >= 15 is 0 Å². The fourth-order valence-electron chi connectivity index (χ4n) is 2.37. The van der Waals surface area contributed by atoms with Crippen molar-refractivity contribution in [2.75, 3.05) is 6.61 Å². The first-order chi connectivity index (χ1) is 8.80. The second-order valence-corrected chi connectivity index (χ2v) is 4.73. The summed E-state index contributed by atoms with van der Waals surface area (Å²) >= 11 is 0. The summed E-state index contributed by atoms with van der Waals surface area (Å²) in [7, 11) is 0. The molecule has 2 rings (SSSR count). The SMILES string of the molecule is CCOC(C1CC1)C(Cc1ncnn1CC)NN. The van der Waals surface area contributed by atoms with Crippen LogP contribution in [0.2, 0.25) is 0 Å². The molecule has 0 aromatic carbocycles. The van der Waals surface area contributed by atoms with Crippen molar-refractivity contribution in [3.63, 3.8) is 0 Å². The monoisotopic (exact) mass is 253 g/mol. The van der Waals surface area contributed by atoms with Gasteiger partial charge in [-0.25, -0.2) is 4.98 Å². The van der Waals surface area contributed by atoms with E-state index in [9.17, 15) is 0 Å². The number of hydrazine groups is 1. The standard InChI is InChI=1S/C12H23N5O/c1-3-17-11(14-8-15-17)7-10(16-13)12(18-4-2)9-5-6-9/h8-10,12,16H,3-7,13H2,1-2H3. The maximum Gasteiger partial charge on any atom is 0.138 e. The smallest absolute Gasteiger partial charge is 0.138 e. The summed E-state index contributed by atoms with van der Waals surface area (Å²) in [6, 6.07) is 0.104. The topological polar surface area (TPSA) is 78.0 Å². The van der Waals surface area contributed by atoms with Crippen LogP contribution in [-0.4, -0.2) is 33.5 Å². The Morgan fingerprint density at radius 2 is 2.33 bits per heavy atom. The Kier molecular flexibility index (Phi) is 4.68. The van der Waals surface area contributed by atoms with E-state index in [0.717, 1.165) is 25.4 Å². The number of aryl methyl sites for hydroxylation is 1. The molecule has 0 spiro atoms. The van der Waals surface area contributed by atoms with E-state index < -0.39 is 0 Å². The molecule has 6 nitrogen and oxygen atoms in total. The van der Waals surface area contributed by atoms with Crippen molar-refractivity contribution in [3.05, 3.63) is 12.2 Å². The highest BCUT2D eigenvalue weighted by molar-refractivity contribution is 4.96. The molecule has 1 heterocycles. The molecule has 1 fully saturated rings. The Labute approximate surface area is 108 Å². The average Bonchev–Trinajstić information content (AvgIpc) is 3.13. The van der Waals surface area contributed by atoms with Crippen LogP contribution in [0.15, 0.2) is 6.33 Å². The summed E-state index contributed by atoms with van der Waals surface area (Å²) in [5.74, 6) is 7.30. The second-order valence-electron chi connectivity index (χ2n) is 4.73. The van der Waals surface area contributed by atoms with Crippen molar-refractivity contribution in [1.82, 2.24) is 20.2 Å². The predicted molar refractivity (Wildman–Crippen MR) is 68.6 cm³/mol. The maximum atomic E-state index is 5.84. The maximum absolute atomic E-state index is 5.84. The van der Waals surface area contributed by atoms with E-state index in [4.69, 9.17) is 10.6 Å². The molecule has 6 heteroatoms. The van der Waals surface area contributed by atoms with Gasteiger partial charge >= 0.3 is 0 Å². The summed E-state index contributed by atoms with van der Waals surface area (Å²) in [6.07, 6.45) is 5.01. The molecular formula is C12H23N5O. The molecule has 0 bridgehead atoms. The van der Waals surface area contributed by atoms with Gasteiger partial charge in [0.2, 0.25) is 0 Å². The lowest BCUT2D eigenvalue weighted by Crippen LogP contribution is -2.48. The molecule has 1 aromatic heterocycles. The Hall–Kier alpha value is -0.980. The minimum atomic E-state index is 0.104. The van der Waals surface area contributed by atoms with Gasteiger partial charge in [-0.3, -0.25) is 16.0 Å². The van der Waals surface area contributed by atoms with Crippen molar-refractivity contribution < 1.29 is 4.74 Å². The largest absolute Gasteiger partial charge is 0.377 e. The zero-order chi connectivity index (χ0) is 13.0. The van der Waals surface area contributed by atoms with Gasteiger partial charge in [-0.1, -0.05) is 0 Å². The van der Waals surface area contributed by atoms with E-state index in [-0.39, 0.29) is 12.1 Å². The van der Waals surface area contributed by atoms with E-state index in [2.05, 4.69) is 22.4 Å². The lowest BCUT2D eigenvalue weighted by Gasteiger charge is -2.26. The number of rotatable bonds is 8. The third kappa shape index (κ3) is 3.07. The Bertz CT molecular complexity index is 363. The second kappa shape index (κ2) is 6.26. The van der Waals surface area contributed by atoms with E-state index in [1.165, 1.54) is 12.8 Å². The lowest BCUT2D eigenvalue weighted by atomic mass is 10.0. The van der Waals surface area contributed by atoms with Gasteiger partial charge in [0.25, 0.3) is 0 Å². The van der Waals surface area contributed by atoms with Crippen LogP contribution in [0, 0.1) is 5.92 Å². The number of aromatic nitrogens is 3. The third-order valence-corrected chi connectivity index (χ3v) is 3.45. The summed E-state index contributed by atoms with van der Waals surface area (Å²) in [5.41, 5.74) is 2.89. The molecule has 0 radical (unpaired) electrons. The molecule has 2 atom stereocenters. The van der Waals surface area contributed by atoms with Gasteiger partial charge in [0, 0.05) is 19.6 Å². The van der Waals surface area contributed by atoms with E-state index in [0.29, 0.717) is 5.92 Å². The Balaban J connectivity index is 2.03. The summed E-state index contributed by atoms with van der Waals surface area (Å²) in [6.45, 7) is 5.64. The van der Waals surface area contributed by atoms with E-state index in [1.807, 2.05) is 11.6 Å². The van der Waals surface area contributed by atoms with Crippen LogP contribution in [0.3, 0.4) is 0 Å². The minimum absolute atomic E-state index is 0.104. The van der Waals surface area contributed by atoms with Crippen molar-refractivity contribution in [2.45, 2.75) is 51.8 Å². The van der Waals surface area contributed by atoms with Gasteiger partial charge in [0.1, 0.15) is 12.2 Å². The lowest BCUT2D eigenvalue weighted by molar-refractivity contribution is 0.0185. The zero-order valence-corrected chi connectivity index (χ0v) is 11.2. The van der Waals surface area contributed by atoms with Crippen LogP contribution >= 0.6 is 0 Å². The molecule has 1 aliphatic carbocycles. The molecule has 1 aliphatic rings. The van der Waals surface area contributed by atoms with Gasteiger partial charge in [0.05, 0.1) is 12.1 Å². The number of ether oxygens (including phenoxy) is 1. The molecule has 0 aliphatic heterocycles. The summed E-state index contributed by atoms with van der Waals surface area (Å²) < 4.78 is 7.74. The average molecular weight is 253 g/mol. The number of nitrogens with one attached hydrogen (secondary N) is 1. The van der Waals surface area contributed by atoms with Gasteiger partial charge in [-0.2, -0.15) is 5.10 Å². The van der Waals surface area contributed by atoms with Crippen LogP contribution in [-0.2, 0) is 17.7 Å². The van der Waals surface area contributed by atoms with Gasteiger partial charge in [-0.05, 0) is 32.6 Å². The fourth-order valence-corrected chi connectivity index (χ4v) is 2.37. The first kappa shape index (κ1) is 13.5. The predicted octanol–water partition coefficient (Wildman–Crippen LogP) is 0.488. The summed E-state index contributed by atoms with van der Waals surface area (Å²) in [5, 5.41) is 4.18. The highest BCUT2D eigenvalue weighted by Gasteiger charge is 2.37. The molecule has 18 heavy (non-hydrogen) atoms. The molecule has 3 N–H and O–H groups in total. The van der Waals surface area contributed by atoms with Crippen molar-refractivity contribution in [3.8, 4) is 0 Å².